The Morgan fingerprint density at radius 1 is 0.684 bits per heavy atom. The molecule has 3 unspecified atom stereocenters. The first-order chi connectivity index (χ1) is 50.8. The van der Waals surface area contributed by atoms with Crippen molar-refractivity contribution in [1.82, 2.24) is 25.8 Å². The van der Waals surface area contributed by atoms with Crippen LogP contribution in [-0.2, 0) is 23.9 Å². The molecule has 3 aliphatic heterocycles. The van der Waals surface area contributed by atoms with Gasteiger partial charge < -0.3 is 20.7 Å². The van der Waals surface area contributed by atoms with E-state index in [0.29, 0.717) is 80.5 Å². The van der Waals surface area contributed by atoms with E-state index in [0.717, 1.165) is 52.4 Å². The summed E-state index contributed by atoms with van der Waals surface area (Å²) >= 11 is 1.97. The lowest BCUT2D eigenvalue weighted by Gasteiger charge is -2.31. The van der Waals surface area contributed by atoms with Gasteiger partial charge in [0, 0.05) is 86.6 Å². The number of fused-ring (bicyclic) bond motifs is 1. The average molecular weight is 1650 g/mol. The highest BCUT2D eigenvalue weighted by Gasteiger charge is 2.47. The Hall–Kier alpha value is -6.50. The Balaban J connectivity index is -0.000000413. The van der Waals surface area contributed by atoms with E-state index in [1.54, 1.807) is 29.0 Å². The fourth-order valence-electron chi connectivity index (χ4n) is 9.82. The molecule has 3 aromatic carbocycles. The maximum absolute atomic E-state index is 13.0. The number of Topliss-reactive ketones (excluding diaryl/α,β-unsaturated/α-hetero) is 2. The zero-order valence-electron chi connectivity index (χ0n) is 74.6. The molecule has 644 valence electrons. The van der Waals surface area contributed by atoms with Gasteiger partial charge in [-0.25, -0.2) is 14.6 Å². The summed E-state index contributed by atoms with van der Waals surface area (Å²) in [6.45, 7) is 72.4. The van der Waals surface area contributed by atoms with Crippen LogP contribution >= 0.6 is 41.3 Å². The Bertz CT molecular complexity index is 3490. The predicted octanol–water partition coefficient (Wildman–Crippen LogP) is 25.0. The number of carbonyl (C=O) groups is 7. The molecule has 2 saturated heterocycles. The largest absolute Gasteiger partial charge is 0.465 e. The molecule has 0 spiro atoms. The van der Waals surface area contributed by atoms with Crippen LogP contribution in [0.15, 0.2) is 158 Å². The first-order valence-electron chi connectivity index (χ1n) is 39.2. The van der Waals surface area contributed by atoms with Gasteiger partial charge >= 0.3 is 12.0 Å². The molecular formula is C97H160N5O8PS3. The maximum atomic E-state index is 13.0. The molecule has 4 heterocycles. The molecule has 0 bridgehead atoms. The molecule has 3 atom stereocenters. The third-order valence-electron chi connectivity index (χ3n) is 15.3. The van der Waals surface area contributed by atoms with E-state index in [1.165, 1.54) is 24.2 Å². The standard InChI is InChI=1S/C25H25O3P.C16H24N2O3.C9H16N2OS.C9H13NS2.C8H16O.C8H14.C6H12.C6H10.C5H12.C2H6.3CH4/c1-25(2,3)23(26)18-15-16-21(24(27)28-4)22(17-18)29(19-11-7-5-8-12-19)20-13-9-6-10-14-20;1-16(2,3)17-15(21)12-6-4-11(5-7-12)10-18-13(19)8-9-14(18)20;1-9(2,3)7-6-5(4-13-7)10-8(12)11-6;1-9(2,3)12-11-8-6-4-5-7-10-8;1-5-7(9)6-8(2,3)4;1-5-6-7-8(2,3)4;2*1-5-6(2,3)4;1-5(2,3)4;1-2;;;/h5-17H,1-4H3;8-9,11-12H,4-7,10H2,1-3H3,(H,17,21);5-7H,4H2,1-3H3,(H2,10,11,12);4-7H,1-3H3;5-6H2,1-4H3;5-7H,1H2,2-4H3;5H,1H2,2-4H3;1H,2-4H3;1-4H3;1-2H3;3*1H4/b;;;;;7-6-;;;;;;;. The van der Waals surface area contributed by atoms with E-state index in [1.807, 2.05) is 185 Å². The number of ether oxygens (including phenoxy) is 1. The number of esters is 1. The van der Waals surface area contributed by atoms with Crippen LogP contribution in [0.1, 0.15) is 296 Å². The van der Waals surface area contributed by atoms with Crippen molar-refractivity contribution in [3.05, 3.63) is 164 Å². The second-order valence-electron chi connectivity index (χ2n) is 37.8. The molecule has 3 N–H and O–H groups in total. The number of carbonyl (C=O) groups excluding carboxylic acids is 7. The lowest BCUT2D eigenvalue weighted by Crippen LogP contribution is -2.45. The maximum Gasteiger partial charge on any atom is 0.338 e. The number of nitrogens with zero attached hydrogens (tertiary/aromatic N) is 2. The Labute approximate surface area is 711 Å². The van der Waals surface area contributed by atoms with Gasteiger partial charge in [0.2, 0.25) is 5.91 Å². The SMILES string of the molecule is C.C.C.C#CC(C)(C)C.C=C/C=C\C(C)(C)C.C=CC(C)(C)C.CC.CC(C)(C)C.CC(C)(C)C1SCC2NC(=O)NC21.CC(C)(C)NC(=O)C1CCC(CN2C(=O)C=CC2=O)CC1.CC(C)(C)SSc1ccccn1.CCC(=O)CC(C)(C)C.COC(=O)c1ccc(C(=O)C(C)(C)C)cc1P(c1ccccc1)c1ccccc1. The van der Waals surface area contributed by atoms with E-state index in [2.05, 4.69) is 202 Å². The quantitative estimate of drug-likeness (QED) is 0.0133. The molecule has 3 fully saturated rings. The van der Waals surface area contributed by atoms with Crippen molar-refractivity contribution in [3.63, 3.8) is 0 Å². The van der Waals surface area contributed by atoms with E-state index < -0.39 is 19.3 Å². The molecule has 114 heavy (non-hydrogen) atoms. The minimum Gasteiger partial charge on any atom is -0.465 e. The minimum absolute atomic E-state index is 0. The molecule has 0 radical (unpaired) electrons. The topological polar surface area (TPSA) is 181 Å². The number of imide groups is 1. The lowest BCUT2D eigenvalue weighted by molar-refractivity contribution is -0.138. The summed E-state index contributed by atoms with van der Waals surface area (Å²) in [7, 11) is 3.92. The van der Waals surface area contributed by atoms with Gasteiger partial charge in [0.05, 0.1) is 24.8 Å². The zero-order valence-corrected chi connectivity index (χ0v) is 78.0. The van der Waals surface area contributed by atoms with Crippen LogP contribution < -0.4 is 31.9 Å². The molecule has 4 aliphatic rings. The molecular weight excluding hydrogens is 1490 g/mol. The second kappa shape index (κ2) is 54.5. The number of hydrogen-bond acceptors (Lipinski definition) is 12. The summed E-state index contributed by atoms with van der Waals surface area (Å²) in [5.74, 6) is 3.73. The fraction of sp³-hybridized carbons (Fsp3) is 0.588. The summed E-state index contributed by atoms with van der Waals surface area (Å²) < 4.78 is 5.35. The smallest absolute Gasteiger partial charge is 0.338 e. The molecule has 4 aromatic rings. The number of hydrogen-bond donors (Lipinski definition) is 3. The van der Waals surface area contributed by atoms with Crippen LogP contribution in [0.25, 0.3) is 0 Å². The Morgan fingerprint density at radius 2 is 1.15 bits per heavy atom. The van der Waals surface area contributed by atoms with Crippen LogP contribution in [0.3, 0.4) is 0 Å². The van der Waals surface area contributed by atoms with Crippen molar-refractivity contribution in [1.29, 1.82) is 0 Å². The number of amides is 5. The van der Waals surface area contributed by atoms with E-state index in [-0.39, 0.29) is 79.5 Å². The molecule has 1 saturated carbocycles. The number of pyridine rings is 1. The molecule has 17 heteroatoms. The summed E-state index contributed by atoms with van der Waals surface area (Å²) in [6.07, 6.45) is 22.2. The second-order valence-corrected chi connectivity index (χ2v) is 44.1. The van der Waals surface area contributed by atoms with Crippen molar-refractivity contribution >= 4 is 98.5 Å². The van der Waals surface area contributed by atoms with E-state index in [9.17, 15) is 33.6 Å². The number of allylic oxidation sites excluding steroid dienone is 4. The summed E-state index contributed by atoms with van der Waals surface area (Å²) in [5, 5.41) is 13.6. The third-order valence-corrected chi connectivity index (χ3v) is 22.9. The monoisotopic (exact) mass is 1650 g/mol. The Kier molecular flexibility index (Phi) is 55.5. The number of ketones is 2. The number of aromatic nitrogens is 1. The van der Waals surface area contributed by atoms with E-state index >= 15 is 0 Å². The number of rotatable bonds is 13. The highest BCUT2D eigenvalue weighted by atomic mass is 33.1. The number of urea groups is 1. The van der Waals surface area contributed by atoms with Crippen LogP contribution in [0.5, 0.6) is 0 Å². The highest BCUT2D eigenvalue weighted by molar-refractivity contribution is 8.77. The summed E-state index contributed by atoms with van der Waals surface area (Å²) in [4.78, 5) is 88.2. The normalized spacial score (nSPS) is 16.8. The van der Waals surface area contributed by atoms with Gasteiger partial charge in [-0.1, -0.05) is 310 Å². The van der Waals surface area contributed by atoms with Crippen LogP contribution in [0.2, 0.25) is 0 Å². The number of methoxy groups -OCH3 is 1. The van der Waals surface area contributed by atoms with Crippen LogP contribution in [-0.4, -0.2) is 98.2 Å². The lowest BCUT2D eigenvalue weighted by atomic mass is 9.81. The van der Waals surface area contributed by atoms with Gasteiger partial charge in [-0.05, 0) is 154 Å². The third kappa shape index (κ3) is 54.4. The Morgan fingerprint density at radius 3 is 1.49 bits per heavy atom. The average Bonchev–Trinajstić information content (AvgIpc) is 1.28. The molecule has 1 aliphatic carbocycles. The minimum atomic E-state index is -1.03. The van der Waals surface area contributed by atoms with Gasteiger partial charge in [0.1, 0.15) is 10.8 Å². The van der Waals surface area contributed by atoms with Gasteiger partial charge in [0.15, 0.2) is 5.78 Å². The molecule has 1 aromatic heterocycles. The molecule has 5 amide bonds. The first kappa shape index (κ1) is 116. The van der Waals surface area contributed by atoms with Crippen molar-refractivity contribution < 1.29 is 38.3 Å². The van der Waals surface area contributed by atoms with Gasteiger partial charge in [-0.2, -0.15) is 11.8 Å². The summed E-state index contributed by atoms with van der Waals surface area (Å²) in [6, 6.07) is 32.2. The van der Waals surface area contributed by atoms with Crippen molar-refractivity contribution in [2.45, 2.75) is 308 Å². The van der Waals surface area contributed by atoms with Crippen molar-refractivity contribution in [2.75, 3.05) is 19.4 Å². The summed E-state index contributed by atoms with van der Waals surface area (Å²) in [5.41, 5.74) is 2.02. The van der Waals surface area contributed by atoms with Gasteiger partial charge in [-0.15, -0.1) is 18.9 Å². The zero-order chi connectivity index (χ0) is 86.3. The van der Waals surface area contributed by atoms with Crippen molar-refractivity contribution in [2.24, 2.45) is 49.7 Å². The molecule has 8 rings (SSSR count). The predicted molar refractivity (Wildman–Crippen MR) is 505 cm³/mol. The van der Waals surface area contributed by atoms with Crippen molar-refractivity contribution in [3.8, 4) is 12.3 Å². The van der Waals surface area contributed by atoms with E-state index in [4.69, 9.17) is 11.2 Å². The van der Waals surface area contributed by atoms with Gasteiger partial charge in [-0.3, -0.25) is 28.9 Å². The number of nitrogens with one attached hydrogen (secondary N) is 3. The highest BCUT2D eigenvalue weighted by Crippen LogP contribution is 2.42. The molecule has 13 nitrogen and oxygen atoms in total. The number of terminal acetylenes is 1. The number of benzene rings is 3. The number of thioether (sulfide) groups is 1. The first-order valence-corrected chi connectivity index (χ1v) is 43.7. The van der Waals surface area contributed by atoms with Crippen LogP contribution in [0.4, 0.5) is 4.79 Å². The van der Waals surface area contributed by atoms with Crippen LogP contribution in [0, 0.1) is 62.1 Å². The fourth-order valence-corrected chi connectivity index (χ4v) is 15.8. The van der Waals surface area contributed by atoms with Gasteiger partial charge in [0.25, 0.3) is 11.8 Å².